The van der Waals surface area contributed by atoms with Crippen molar-refractivity contribution >= 4 is 6.40 Å². The lowest BCUT2D eigenvalue weighted by Crippen LogP contribution is -2.10. The van der Waals surface area contributed by atoms with Crippen LogP contribution in [0, 0.1) is 0 Å². The topological polar surface area (TPSA) is 21.6 Å². The van der Waals surface area contributed by atoms with Gasteiger partial charge in [0.1, 0.15) is 6.10 Å². The number of rotatable bonds is 3. The molecule has 1 unspecified atom stereocenters. The van der Waals surface area contributed by atoms with E-state index in [9.17, 15) is 0 Å². The zero-order chi connectivity index (χ0) is 8.93. The predicted octanol–water partition coefficient (Wildman–Crippen LogP) is 2.05. The summed E-state index contributed by atoms with van der Waals surface area (Å²) in [6.45, 7) is 0.826. The van der Waals surface area contributed by atoms with E-state index in [4.69, 9.17) is 4.74 Å². The van der Waals surface area contributed by atoms with Gasteiger partial charge in [0, 0.05) is 0 Å². The van der Waals surface area contributed by atoms with Crippen molar-refractivity contribution in [3.63, 3.8) is 0 Å². The van der Waals surface area contributed by atoms with Crippen molar-refractivity contribution in [3.8, 4) is 0 Å². The molecule has 0 saturated carbocycles. The smallest absolute Gasteiger partial charge is 0.170 e. The number of hydrogen-bond donors (Lipinski definition) is 0. The molecule has 2 nitrogen and oxygen atoms in total. The van der Waals surface area contributed by atoms with E-state index in [0.717, 1.165) is 19.4 Å². The molecule has 2 rings (SSSR count). The average molecular weight is 175 g/mol. The van der Waals surface area contributed by atoms with Crippen molar-refractivity contribution in [3.05, 3.63) is 35.9 Å². The summed E-state index contributed by atoms with van der Waals surface area (Å²) in [6, 6.07) is 10.5. The first kappa shape index (κ1) is 8.30. The summed E-state index contributed by atoms with van der Waals surface area (Å²) in [4.78, 5) is 4.03. The molecule has 0 aromatic heterocycles. The van der Waals surface area contributed by atoms with E-state index in [1.54, 1.807) is 6.40 Å². The molecule has 0 fully saturated rings. The van der Waals surface area contributed by atoms with Gasteiger partial charge in [-0.25, -0.2) is 0 Å². The van der Waals surface area contributed by atoms with E-state index in [2.05, 4.69) is 29.3 Å². The van der Waals surface area contributed by atoms with Gasteiger partial charge < -0.3 is 4.74 Å². The van der Waals surface area contributed by atoms with E-state index in [-0.39, 0.29) is 0 Å². The van der Waals surface area contributed by atoms with Gasteiger partial charge in [-0.15, -0.1) is 0 Å². The predicted molar refractivity (Wildman–Crippen MR) is 53.0 cm³/mol. The summed E-state index contributed by atoms with van der Waals surface area (Å²) in [5.74, 6) is 0. The van der Waals surface area contributed by atoms with Crippen molar-refractivity contribution in [2.45, 2.75) is 18.9 Å². The number of ether oxygens (including phenoxy) is 1. The summed E-state index contributed by atoms with van der Waals surface area (Å²) in [5, 5.41) is 0. The van der Waals surface area contributed by atoms with Gasteiger partial charge in [-0.1, -0.05) is 30.3 Å². The fraction of sp³-hybridized carbons (Fsp3) is 0.364. The molecule has 0 spiro atoms. The van der Waals surface area contributed by atoms with Crippen molar-refractivity contribution in [2.75, 3.05) is 6.54 Å². The molecule has 0 amide bonds. The zero-order valence-electron chi connectivity index (χ0n) is 7.52. The summed E-state index contributed by atoms with van der Waals surface area (Å²) in [6.07, 6.45) is 4.01. The molecule has 1 atom stereocenters. The number of hydrogen-bond acceptors (Lipinski definition) is 2. The normalized spacial score (nSPS) is 20.2. The van der Waals surface area contributed by atoms with E-state index >= 15 is 0 Å². The van der Waals surface area contributed by atoms with E-state index < -0.39 is 0 Å². The molecule has 0 N–H and O–H groups in total. The minimum Gasteiger partial charge on any atom is -0.478 e. The third-order valence-corrected chi connectivity index (χ3v) is 2.23. The molecule has 1 heterocycles. The van der Waals surface area contributed by atoms with Crippen molar-refractivity contribution in [1.29, 1.82) is 0 Å². The molecular weight excluding hydrogens is 162 g/mol. The maximum absolute atomic E-state index is 5.28. The Kier molecular flexibility index (Phi) is 2.60. The summed E-state index contributed by atoms with van der Waals surface area (Å²) in [7, 11) is 0. The molecule has 1 aliphatic heterocycles. The molecule has 2 heteroatoms. The van der Waals surface area contributed by atoms with Crippen molar-refractivity contribution < 1.29 is 4.74 Å². The highest BCUT2D eigenvalue weighted by molar-refractivity contribution is 5.48. The molecule has 0 aliphatic carbocycles. The standard InChI is InChI=1S/C11H13NO/c1-2-4-10(5-3-1)6-7-11-8-12-9-13-11/h1-5,9,11H,6-8H2. The first-order valence-corrected chi connectivity index (χ1v) is 4.63. The second-order valence-corrected chi connectivity index (χ2v) is 3.25. The second kappa shape index (κ2) is 4.08. The van der Waals surface area contributed by atoms with Gasteiger partial charge in [0.15, 0.2) is 6.40 Å². The van der Waals surface area contributed by atoms with Crippen LogP contribution in [-0.2, 0) is 11.2 Å². The minimum absolute atomic E-state index is 0.306. The molecular formula is C11H13NO. The second-order valence-electron chi connectivity index (χ2n) is 3.25. The van der Waals surface area contributed by atoms with E-state index in [0.29, 0.717) is 6.10 Å². The third-order valence-electron chi connectivity index (χ3n) is 2.23. The van der Waals surface area contributed by atoms with Crippen LogP contribution in [0.4, 0.5) is 0 Å². The summed E-state index contributed by atoms with van der Waals surface area (Å²) < 4.78 is 5.28. The molecule has 1 aliphatic rings. The highest BCUT2D eigenvalue weighted by Gasteiger charge is 2.11. The van der Waals surface area contributed by atoms with E-state index in [1.807, 2.05) is 6.07 Å². The van der Waals surface area contributed by atoms with Crippen LogP contribution >= 0.6 is 0 Å². The van der Waals surface area contributed by atoms with Gasteiger partial charge in [-0.3, -0.25) is 4.99 Å². The highest BCUT2D eigenvalue weighted by Crippen LogP contribution is 2.09. The number of benzene rings is 1. The van der Waals surface area contributed by atoms with Gasteiger partial charge >= 0.3 is 0 Å². The fourth-order valence-electron chi connectivity index (χ4n) is 1.46. The quantitative estimate of drug-likeness (QED) is 0.689. The lowest BCUT2D eigenvalue weighted by Gasteiger charge is -2.07. The third kappa shape index (κ3) is 2.31. The Hall–Kier alpha value is -1.31. The Morgan fingerprint density at radius 2 is 2.15 bits per heavy atom. The van der Waals surface area contributed by atoms with Gasteiger partial charge in [0.05, 0.1) is 6.54 Å². The molecule has 68 valence electrons. The lowest BCUT2D eigenvalue weighted by atomic mass is 10.1. The van der Waals surface area contributed by atoms with Gasteiger partial charge in [0.25, 0.3) is 0 Å². The lowest BCUT2D eigenvalue weighted by molar-refractivity contribution is 0.223. The maximum Gasteiger partial charge on any atom is 0.170 e. The highest BCUT2D eigenvalue weighted by atomic mass is 16.5. The Balaban J connectivity index is 1.80. The van der Waals surface area contributed by atoms with E-state index in [1.165, 1.54) is 5.56 Å². The maximum atomic E-state index is 5.28. The molecule has 0 saturated heterocycles. The fourth-order valence-corrected chi connectivity index (χ4v) is 1.46. The largest absolute Gasteiger partial charge is 0.478 e. The van der Waals surface area contributed by atoms with Crippen LogP contribution in [0.5, 0.6) is 0 Å². The SMILES string of the molecule is C1=NCC(CCc2ccccc2)O1. The Bertz CT molecular complexity index is 273. The Morgan fingerprint density at radius 3 is 2.85 bits per heavy atom. The van der Waals surface area contributed by atoms with Crippen molar-refractivity contribution in [2.24, 2.45) is 4.99 Å². The molecule has 13 heavy (non-hydrogen) atoms. The van der Waals surface area contributed by atoms with Crippen LogP contribution in [0.2, 0.25) is 0 Å². The zero-order valence-corrected chi connectivity index (χ0v) is 7.52. The van der Waals surface area contributed by atoms with Gasteiger partial charge in [-0.05, 0) is 18.4 Å². The first-order chi connectivity index (χ1) is 6.45. The van der Waals surface area contributed by atoms with Gasteiger partial charge in [0.2, 0.25) is 0 Å². The Labute approximate surface area is 78.3 Å². The molecule has 1 aromatic carbocycles. The van der Waals surface area contributed by atoms with Gasteiger partial charge in [-0.2, -0.15) is 0 Å². The average Bonchev–Trinajstić information content (AvgIpc) is 2.69. The summed E-state index contributed by atoms with van der Waals surface area (Å²) >= 11 is 0. The number of aliphatic imine (C=N–C) groups is 1. The monoisotopic (exact) mass is 175 g/mol. The summed E-state index contributed by atoms with van der Waals surface area (Å²) in [5.41, 5.74) is 1.37. The minimum atomic E-state index is 0.306. The van der Waals surface area contributed by atoms with Crippen LogP contribution < -0.4 is 0 Å². The van der Waals surface area contributed by atoms with Crippen LogP contribution in [-0.4, -0.2) is 19.0 Å². The van der Waals surface area contributed by atoms with Crippen LogP contribution in [0.1, 0.15) is 12.0 Å². The number of nitrogens with zero attached hydrogens (tertiary/aromatic N) is 1. The van der Waals surface area contributed by atoms with Crippen LogP contribution in [0.15, 0.2) is 35.3 Å². The molecule has 0 bridgehead atoms. The first-order valence-electron chi connectivity index (χ1n) is 4.63. The Morgan fingerprint density at radius 1 is 1.31 bits per heavy atom. The number of aryl methyl sites for hydroxylation is 1. The van der Waals surface area contributed by atoms with Crippen LogP contribution in [0.3, 0.4) is 0 Å². The van der Waals surface area contributed by atoms with Crippen molar-refractivity contribution in [1.82, 2.24) is 0 Å². The molecule has 0 radical (unpaired) electrons. The van der Waals surface area contributed by atoms with Crippen LogP contribution in [0.25, 0.3) is 0 Å². The molecule has 1 aromatic rings.